The third-order valence-electron chi connectivity index (χ3n) is 5.05. The fourth-order valence-corrected chi connectivity index (χ4v) is 5.14. The van der Waals surface area contributed by atoms with Gasteiger partial charge in [0.1, 0.15) is 0 Å². The lowest BCUT2D eigenvalue weighted by molar-refractivity contribution is 0.384. The van der Waals surface area contributed by atoms with Crippen LogP contribution < -0.4 is 10.5 Å². The molecule has 2 aliphatic rings. The normalized spacial score (nSPS) is 21.0. The van der Waals surface area contributed by atoms with E-state index in [1.165, 1.54) is 24.8 Å². The molecule has 1 aromatic heterocycles. The van der Waals surface area contributed by atoms with E-state index in [0.29, 0.717) is 6.04 Å². The quantitative estimate of drug-likeness (QED) is 0.795. The minimum atomic E-state index is -1.22. The van der Waals surface area contributed by atoms with Crippen LogP contribution in [0.2, 0.25) is 19.6 Å². The molecule has 1 aromatic carbocycles. The van der Waals surface area contributed by atoms with Crippen molar-refractivity contribution in [3.63, 3.8) is 0 Å². The first-order valence-electron chi connectivity index (χ1n) is 7.94. The maximum atomic E-state index is 3.71. The van der Waals surface area contributed by atoms with Crippen molar-refractivity contribution in [1.82, 2.24) is 9.88 Å². The highest BCUT2D eigenvalue weighted by molar-refractivity contribution is 6.88. The first kappa shape index (κ1) is 15.1. The molecule has 2 nitrogen and oxygen atoms in total. The highest BCUT2D eigenvalue weighted by Gasteiger charge is 2.30. The van der Waals surface area contributed by atoms with Gasteiger partial charge in [-0.1, -0.05) is 37.0 Å². The number of aryl methyl sites for hydroxylation is 1. The molecule has 0 bridgehead atoms. The summed E-state index contributed by atoms with van der Waals surface area (Å²) in [5.41, 5.74) is 4.72. The van der Waals surface area contributed by atoms with Crippen molar-refractivity contribution in [3.05, 3.63) is 29.5 Å². The number of aromatic nitrogens is 1. The van der Waals surface area contributed by atoms with Crippen molar-refractivity contribution in [2.24, 2.45) is 0 Å². The lowest BCUT2D eigenvalue weighted by Gasteiger charge is -2.31. The Balaban J connectivity index is 0.00000132. The number of hydrogen-bond acceptors (Lipinski definition) is 1. The summed E-state index contributed by atoms with van der Waals surface area (Å²) in [5.74, 6) is 0. The molecule has 1 N–H and O–H groups in total. The molecule has 0 saturated heterocycles. The van der Waals surface area contributed by atoms with E-state index < -0.39 is 8.07 Å². The number of fused-ring (bicyclic) bond motifs is 3. The Morgan fingerprint density at radius 1 is 1.24 bits per heavy atom. The molecule has 21 heavy (non-hydrogen) atoms. The monoisotopic (exact) mass is 320 g/mol. The molecule has 0 radical (unpaired) electrons. The molecule has 1 unspecified atom stereocenters. The number of rotatable bonds is 1. The van der Waals surface area contributed by atoms with Gasteiger partial charge >= 0.3 is 0 Å². The van der Waals surface area contributed by atoms with Crippen molar-refractivity contribution >= 4 is 36.6 Å². The van der Waals surface area contributed by atoms with E-state index in [1.807, 2.05) is 0 Å². The largest absolute Gasteiger partial charge is 0.342 e. The Bertz CT molecular complexity index is 682. The molecular weight excluding hydrogens is 296 g/mol. The van der Waals surface area contributed by atoms with Gasteiger partial charge < -0.3 is 9.88 Å². The van der Waals surface area contributed by atoms with Crippen LogP contribution in [0.15, 0.2) is 18.2 Å². The molecule has 2 heterocycles. The van der Waals surface area contributed by atoms with E-state index in [9.17, 15) is 0 Å². The fraction of sp³-hybridized carbons (Fsp3) is 0.529. The van der Waals surface area contributed by atoms with E-state index in [1.54, 1.807) is 21.8 Å². The topological polar surface area (TPSA) is 17.0 Å². The first-order chi connectivity index (χ1) is 9.55. The zero-order valence-electron chi connectivity index (χ0n) is 13.2. The minimum absolute atomic E-state index is 0. The standard InChI is InChI=1S/C17H24N2Si.ClH/c1-20(2,3)12-7-8-16-14(11-12)13-5-4-6-15-17(13)19(16)10-9-18-15;/h7-8,11,15,18H,4-6,9-10H2,1-3H3;1H. The smallest absolute Gasteiger partial charge is 0.0776 e. The molecule has 1 atom stereocenters. The van der Waals surface area contributed by atoms with Gasteiger partial charge in [0.05, 0.1) is 8.07 Å². The summed E-state index contributed by atoms with van der Waals surface area (Å²) in [6.07, 6.45) is 3.91. The molecular formula is C17H25ClN2Si. The molecule has 0 amide bonds. The van der Waals surface area contributed by atoms with Gasteiger partial charge in [0.25, 0.3) is 0 Å². The van der Waals surface area contributed by atoms with Crippen molar-refractivity contribution < 1.29 is 0 Å². The van der Waals surface area contributed by atoms with Gasteiger partial charge in [-0.3, -0.25) is 0 Å². The number of hydrogen-bond donors (Lipinski definition) is 1. The minimum Gasteiger partial charge on any atom is -0.342 e. The van der Waals surface area contributed by atoms with Gasteiger partial charge in [0, 0.05) is 35.7 Å². The summed E-state index contributed by atoms with van der Waals surface area (Å²) in [4.78, 5) is 0. The Morgan fingerprint density at radius 2 is 2.05 bits per heavy atom. The summed E-state index contributed by atoms with van der Waals surface area (Å²) in [6.45, 7) is 9.59. The van der Waals surface area contributed by atoms with Gasteiger partial charge in [-0.05, 0) is 30.9 Å². The van der Waals surface area contributed by atoms with Crippen LogP contribution in [-0.4, -0.2) is 19.2 Å². The van der Waals surface area contributed by atoms with Gasteiger partial charge in [-0.2, -0.15) is 0 Å². The maximum Gasteiger partial charge on any atom is 0.0776 e. The third-order valence-corrected chi connectivity index (χ3v) is 7.10. The van der Waals surface area contributed by atoms with Crippen LogP contribution >= 0.6 is 12.4 Å². The Labute approximate surface area is 134 Å². The number of nitrogens with one attached hydrogen (secondary N) is 1. The van der Waals surface area contributed by atoms with E-state index in [2.05, 4.69) is 47.7 Å². The summed E-state index contributed by atoms with van der Waals surface area (Å²) < 4.78 is 2.60. The zero-order valence-corrected chi connectivity index (χ0v) is 15.0. The average Bonchev–Trinajstić information content (AvgIpc) is 2.75. The SMILES string of the molecule is C[Si](C)(C)c1ccc2c(c1)c1c3n2CCNC3CCC1.Cl. The van der Waals surface area contributed by atoms with Crippen molar-refractivity contribution in [3.8, 4) is 0 Å². The van der Waals surface area contributed by atoms with E-state index in [-0.39, 0.29) is 12.4 Å². The summed E-state index contributed by atoms with van der Waals surface area (Å²) in [5, 5.41) is 6.86. The molecule has 0 saturated carbocycles. The Kier molecular flexibility index (Phi) is 3.71. The van der Waals surface area contributed by atoms with Crippen LogP contribution in [0.3, 0.4) is 0 Å². The van der Waals surface area contributed by atoms with Crippen molar-refractivity contribution in [2.75, 3.05) is 6.54 Å². The van der Waals surface area contributed by atoms with E-state index >= 15 is 0 Å². The molecule has 0 fully saturated rings. The van der Waals surface area contributed by atoms with Gasteiger partial charge in [-0.15, -0.1) is 12.4 Å². The number of nitrogens with zero attached hydrogens (tertiary/aromatic N) is 1. The molecule has 1 aliphatic heterocycles. The van der Waals surface area contributed by atoms with Crippen LogP contribution in [-0.2, 0) is 13.0 Å². The molecule has 4 heteroatoms. The number of halogens is 1. The average molecular weight is 321 g/mol. The highest BCUT2D eigenvalue weighted by atomic mass is 35.5. The predicted molar refractivity (Wildman–Crippen MR) is 95.8 cm³/mol. The first-order valence-corrected chi connectivity index (χ1v) is 11.4. The molecule has 114 valence electrons. The molecule has 1 aliphatic carbocycles. The lowest BCUT2D eigenvalue weighted by Crippen LogP contribution is -2.37. The van der Waals surface area contributed by atoms with Gasteiger partial charge in [0.15, 0.2) is 0 Å². The lowest BCUT2D eigenvalue weighted by atomic mass is 9.91. The fourth-order valence-electron chi connectivity index (χ4n) is 3.98. The van der Waals surface area contributed by atoms with Crippen LogP contribution in [0, 0.1) is 0 Å². The van der Waals surface area contributed by atoms with Gasteiger partial charge in [0.2, 0.25) is 0 Å². The molecule has 2 aromatic rings. The summed E-state index contributed by atoms with van der Waals surface area (Å²) in [6, 6.07) is 7.91. The predicted octanol–water partition coefficient (Wildman–Crippen LogP) is 3.59. The number of benzene rings is 1. The second kappa shape index (κ2) is 5.15. The third kappa shape index (κ3) is 2.26. The molecule has 4 rings (SSSR count). The summed E-state index contributed by atoms with van der Waals surface area (Å²) in [7, 11) is -1.22. The second-order valence-corrected chi connectivity index (χ2v) is 12.5. The van der Waals surface area contributed by atoms with E-state index in [0.717, 1.165) is 13.1 Å². The van der Waals surface area contributed by atoms with Gasteiger partial charge in [-0.25, -0.2) is 0 Å². The van der Waals surface area contributed by atoms with Crippen LogP contribution in [0.1, 0.15) is 30.1 Å². The summed E-state index contributed by atoms with van der Waals surface area (Å²) >= 11 is 0. The Hall–Kier alpha value is -0.773. The Morgan fingerprint density at radius 3 is 2.81 bits per heavy atom. The maximum absolute atomic E-state index is 3.71. The second-order valence-electron chi connectivity index (χ2n) is 7.40. The highest BCUT2D eigenvalue weighted by Crippen LogP contribution is 2.38. The van der Waals surface area contributed by atoms with Crippen LogP contribution in [0.4, 0.5) is 0 Å². The van der Waals surface area contributed by atoms with Crippen LogP contribution in [0.5, 0.6) is 0 Å². The van der Waals surface area contributed by atoms with Crippen molar-refractivity contribution in [2.45, 2.75) is 51.5 Å². The van der Waals surface area contributed by atoms with Crippen molar-refractivity contribution in [1.29, 1.82) is 0 Å². The van der Waals surface area contributed by atoms with E-state index in [4.69, 9.17) is 0 Å². The molecule has 0 spiro atoms. The van der Waals surface area contributed by atoms with Crippen LogP contribution in [0.25, 0.3) is 10.9 Å². The zero-order chi connectivity index (χ0) is 13.9.